The van der Waals surface area contributed by atoms with E-state index >= 15 is 0 Å². The van der Waals surface area contributed by atoms with E-state index in [0.717, 1.165) is 29.8 Å². The van der Waals surface area contributed by atoms with Gasteiger partial charge in [0.25, 0.3) is 0 Å². The van der Waals surface area contributed by atoms with E-state index in [1.54, 1.807) is 30.3 Å². The Kier molecular flexibility index (Phi) is 6.92. The first kappa shape index (κ1) is 23.4. The lowest BCUT2D eigenvalue weighted by Crippen LogP contribution is -2.23. The van der Waals surface area contributed by atoms with Gasteiger partial charge in [-0.05, 0) is 60.5 Å². The number of hydrogen-bond donors (Lipinski definition) is 3. The summed E-state index contributed by atoms with van der Waals surface area (Å²) in [6.07, 6.45) is 0. The van der Waals surface area contributed by atoms with Crippen molar-refractivity contribution < 1.29 is 25.5 Å². The first-order chi connectivity index (χ1) is 15.0. The van der Waals surface area contributed by atoms with Crippen LogP contribution in [0.25, 0.3) is 0 Å². The van der Waals surface area contributed by atoms with Crippen LogP contribution in [0.3, 0.4) is 0 Å². The lowest BCUT2D eigenvalue weighted by molar-refractivity contribution is 0.262. The van der Waals surface area contributed by atoms with E-state index in [1.165, 1.54) is 0 Å². The monoisotopic (exact) mass is 477 g/mol. The fraction of sp³-hybridized carbons (Fsp3) is 0.0952. The van der Waals surface area contributed by atoms with Crippen LogP contribution in [0.15, 0.2) is 82.6 Å². The van der Waals surface area contributed by atoms with Crippen LogP contribution in [0, 0.1) is 6.92 Å². The smallest absolute Gasteiger partial charge is 0.308 e. The van der Waals surface area contributed by atoms with Crippen molar-refractivity contribution in [2.45, 2.75) is 23.3 Å². The number of carbonyl (C=O) groups is 1. The normalized spacial score (nSPS) is 11.7. The molecule has 0 aliphatic heterocycles. The number of benzene rings is 3. The summed E-state index contributed by atoms with van der Waals surface area (Å²) in [6, 6.07) is 17.3. The number of aryl methyl sites for hydroxylation is 1. The summed E-state index contributed by atoms with van der Waals surface area (Å²) in [5.74, 6) is 0. The minimum atomic E-state index is -5.03. The number of halogens is 1. The number of carbonyl (C=O) groups excluding carboxylic acids is 1. The third-order valence-electron chi connectivity index (χ3n) is 4.32. The molecule has 3 aromatic rings. The Balaban J connectivity index is 1.66. The summed E-state index contributed by atoms with van der Waals surface area (Å²) in [6.45, 7) is 1.77. The van der Waals surface area contributed by atoms with Crippen molar-refractivity contribution >= 4 is 37.7 Å². The van der Waals surface area contributed by atoms with Gasteiger partial charge in [0.05, 0.1) is 9.79 Å². The van der Waals surface area contributed by atoms with Crippen LogP contribution >= 0.6 is 0 Å². The molecule has 2 amide bonds. The van der Waals surface area contributed by atoms with Gasteiger partial charge in [-0.1, -0.05) is 30.3 Å². The topological polar surface area (TPSA) is 121 Å². The van der Waals surface area contributed by atoms with Gasteiger partial charge in [0.2, 0.25) is 10.0 Å². The molecule has 0 atom stereocenters. The molecule has 0 spiro atoms. The van der Waals surface area contributed by atoms with Crippen LogP contribution in [0.5, 0.6) is 0 Å². The average Bonchev–Trinajstić information content (AvgIpc) is 2.72. The third kappa shape index (κ3) is 6.36. The van der Waals surface area contributed by atoms with Gasteiger partial charge in [-0.2, -0.15) is 8.42 Å². The van der Waals surface area contributed by atoms with Crippen molar-refractivity contribution in [3.05, 3.63) is 83.9 Å². The van der Waals surface area contributed by atoms with Crippen LogP contribution in [-0.2, 0) is 26.8 Å². The van der Waals surface area contributed by atoms with E-state index in [1.807, 2.05) is 25.1 Å². The number of rotatable bonds is 7. The number of amides is 2. The maximum absolute atomic E-state index is 13.2. The lowest BCUT2D eigenvalue weighted by Gasteiger charge is -2.11. The Morgan fingerprint density at radius 3 is 2.06 bits per heavy atom. The summed E-state index contributed by atoms with van der Waals surface area (Å²) in [4.78, 5) is 11.1. The van der Waals surface area contributed by atoms with E-state index in [9.17, 15) is 25.5 Å². The van der Waals surface area contributed by atoms with Crippen molar-refractivity contribution in [3.8, 4) is 0 Å². The zero-order valence-corrected chi connectivity index (χ0v) is 18.5. The second kappa shape index (κ2) is 9.47. The molecule has 0 heterocycles. The fourth-order valence-corrected chi connectivity index (χ4v) is 4.48. The summed E-state index contributed by atoms with van der Waals surface area (Å²) in [5.41, 5.74) is 2.60. The van der Waals surface area contributed by atoms with E-state index < -0.39 is 31.2 Å². The molecule has 0 aromatic heterocycles. The number of urea groups is 1. The molecule has 3 N–H and O–H groups in total. The zero-order chi connectivity index (χ0) is 23.4. The molecule has 0 radical (unpaired) electrons. The Morgan fingerprint density at radius 1 is 0.812 bits per heavy atom. The second-order valence-corrected chi connectivity index (χ2v) is 10.0. The van der Waals surface area contributed by atoms with Gasteiger partial charge in [0.1, 0.15) is 0 Å². The van der Waals surface area contributed by atoms with Crippen LogP contribution in [-0.4, -0.2) is 22.9 Å². The van der Waals surface area contributed by atoms with E-state index in [-0.39, 0.29) is 11.4 Å². The molecule has 0 unspecified atom stereocenters. The first-order valence-corrected chi connectivity index (χ1v) is 12.2. The molecule has 168 valence electrons. The number of sulfonamides is 1. The highest BCUT2D eigenvalue weighted by Crippen LogP contribution is 2.18. The Hall–Kier alpha value is -3.28. The molecular formula is C21H20FN3O5S2. The Morgan fingerprint density at radius 2 is 1.41 bits per heavy atom. The molecule has 0 bridgehead atoms. The molecule has 0 aliphatic rings. The van der Waals surface area contributed by atoms with Crippen molar-refractivity contribution in [1.82, 2.24) is 4.72 Å². The zero-order valence-electron chi connectivity index (χ0n) is 16.9. The van der Waals surface area contributed by atoms with Crippen molar-refractivity contribution in [2.24, 2.45) is 0 Å². The lowest BCUT2D eigenvalue weighted by atomic mass is 10.2. The summed E-state index contributed by atoms with van der Waals surface area (Å²) in [7, 11) is -9.14. The highest BCUT2D eigenvalue weighted by atomic mass is 32.3. The number of anilines is 2. The van der Waals surface area contributed by atoms with Gasteiger partial charge >= 0.3 is 16.3 Å². The maximum Gasteiger partial charge on any atom is 0.332 e. The van der Waals surface area contributed by atoms with Gasteiger partial charge in [-0.15, -0.1) is 3.89 Å². The quantitative estimate of drug-likeness (QED) is 0.447. The molecule has 3 aromatic carbocycles. The number of nitrogens with one attached hydrogen (secondary N) is 3. The summed E-state index contributed by atoms with van der Waals surface area (Å²) in [5, 5.41) is 5.37. The molecule has 0 aliphatic carbocycles. The molecule has 32 heavy (non-hydrogen) atoms. The van der Waals surface area contributed by atoms with Crippen LogP contribution in [0.1, 0.15) is 11.1 Å². The molecule has 11 heteroatoms. The molecule has 0 fully saturated rings. The molecule has 0 saturated carbocycles. The highest BCUT2D eigenvalue weighted by molar-refractivity contribution is 7.89. The fourth-order valence-electron chi connectivity index (χ4n) is 2.83. The predicted molar refractivity (Wildman–Crippen MR) is 119 cm³/mol. The Labute approximate surface area is 185 Å². The number of hydrogen-bond acceptors (Lipinski definition) is 5. The van der Waals surface area contributed by atoms with Crippen molar-refractivity contribution in [1.29, 1.82) is 0 Å². The van der Waals surface area contributed by atoms with E-state index in [4.69, 9.17) is 0 Å². The largest absolute Gasteiger partial charge is 0.332 e. The van der Waals surface area contributed by atoms with Crippen LogP contribution < -0.4 is 15.4 Å². The van der Waals surface area contributed by atoms with Gasteiger partial charge in [0.15, 0.2) is 0 Å². The first-order valence-electron chi connectivity index (χ1n) is 9.31. The summed E-state index contributed by atoms with van der Waals surface area (Å²) >= 11 is 0. The van der Waals surface area contributed by atoms with E-state index in [0.29, 0.717) is 16.9 Å². The molecule has 3 rings (SSSR count). The predicted octanol–water partition coefficient (Wildman–Crippen LogP) is 3.78. The average molecular weight is 478 g/mol. The molecular weight excluding hydrogens is 457 g/mol. The van der Waals surface area contributed by atoms with Gasteiger partial charge in [0, 0.05) is 17.9 Å². The maximum atomic E-state index is 13.2. The highest BCUT2D eigenvalue weighted by Gasteiger charge is 2.19. The van der Waals surface area contributed by atoms with Gasteiger partial charge in [-0.25, -0.2) is 17.9 Å². The standard InChI is InChI=1S/C21H20FN3O5S2/c1-15-5-2-7-17(11-15)24-21(26)25-18-8-3-6-16(12-18)14-23-32(29,30)20-10-4-9-19(13-20)31(22,27)28/h2-13,23H,14H2,1H3,(H2,24,25,26). The molecule has 8 nitrogen and oxygen atoms in total. The van der Waals surface area contributed by atoms with Gasteiger partial charge in [-0.3, -0.25) is 0 Å². The Bertz CT molecular complexity index is 1360. The van der Waals surface area contributed by atoms with Crippen molar-refractivity contribution in [2.75, 3.05) is 10.6 Å². The minimum Gasteiger partial charge on any atom is -0.308 e. The van der Waals surface area contributed by atoms with Crippen molar-refractivity contribution in [3.63, 3.8) is 0 Å². The minimum absolute atomic E-state index is 0.135. The van der Waals surface area contributed by atoms with Crippen LogP contribution in [0.2, 0.25) is 0 Å². The molecule has 0 saturated heterocycles. The third-order valence-corrected chi connectivity index (χ3v) is 6.54. The second-order valence-electron chi connectivity index (χ2n) is 6.89. The summed E-state index contributed by atoms with van der Waals surface area (Å²) < 4.78 is 62.5. The SMILES string of the molecule is Cc1cccc(NC(=O)Nc2cccc(CNS(=O)(=O)c3cccc(S(=O)(=O)F)c3)c2)c1. The van der Waals surface area contributed by atoms with Crippen LogP contribution in [0.4, 0.5) is 20.1 Å². The van der Waals surface area contributed by atoms with E-state index in [2.05, 4.69) is 15.4 Å². The van der Waals surface area contributed by atoms with Gasteiger partial charge < -0.3 is 10.6 Å².